The Balaban J connectivity index is 1.87. The largest absolute Gasteiger partial charge is 0.158 e. The lowest BCUT2D eigenvalue weighted by Crippen LogP contribution is -2.11. The molecular formula is C28H56S. The standard InChI is InChI=1S/C28H56S/c1-3-5-7-9-11-13-15-17-19-21-23-27-25-26-29-28(27)24-22-20-18-16-14-12-10-8-6-4-2/h27-28H,3-26H2,1-2H3. The van der Waals surface area contributed by atoms with Crippen LogP contribution in [0.25, 0.3) is 0 Å². The van der Waals surface area contributed by atoms with E-state index < -0.39 is 0 Å². The van der Waals surface area contributed by atoms with Crippen LogP contribution in [0.4, 0.5) is 0 Å². The zero-order chi connectivity index (χ0) is 20.8. The lowest BCUT2D eigenvalue weighted by atomic mass is 9.92. The second-order valence-electron chi connectivity index (χ2n) is 9.90. The quantitative estimate of drug-likeness (QED) is 0.156. The van der Waals surface area contributed by atoms with Gasteiger partial charge >= 0.3 is 0 Å². The van der Waals surface area contributed by atoms with Crippen molar-refractivity contribution in [2.24, 2.45) is 5.92 Å². The summed E-state index contributed by atoms with van der Waals surface area (Å²) in [5.74, 6) is 2.51. The van der Waals surface area contributed by atoms with Gasteiger partial charge in [-0.1, -0.05) is 142 Å². The first-order valence-corrected chi connectivity index (χ1v) is 15.0. The third kappa shape index (κ3) is 16.7. The van der Waals surface area contributed by atoms with E-state index in [9.17, 15) is 0 Å². The molecule has 1 saturated heterocycles. The van der Waals surface area contributed by atoms with Crippen LogP contribution in [0.2, 0.25) is 0 Å². The topological polar surface area (TPSA) is 0 Å². The highest BCUT2D eigenvalue weighted by Crippen LogP contribution is 2.38. The maximum Gasteiger partial charge on any atom is 0.00756 e. The van der Waals surface area contributed by atoms with Gasteiger partial charge in [-0.25, -0.2) is 0 Å². The zero-order valence-electron chi connectivity index (χ0n) is 20.5. The molecular weight excluding hydrogens is 368 g/mol. The van der Waals surface area contributed by atoms with E-state index in [0.717, 1.165) is 11.2 Å². The van der Waals surface area contributed by atoms with Crippen molar-refractivity contribution in [3.63, 3.8) is 0 Å². The third-order valence-electron chi connectivity index (χ3n) is 7.12. The first-order chi connectivity index (χ1) is 14.4. The second-order valence-corrected chi connectivity index (χ2v) is 11.2. The van der Waals surface area contributed by atoms with E-state index in [1.165, 1.54) is 153 Å². The molecule has 1 aliphatic heterocycles. The Morgan fingerprint density at radius 1 is 0.483 bits per heavy atom. The predicted molar refractivity (Wildman–Crippen MR) is 137 cm³/mol. The summed E-state index contributed by atoms with van der Waals surface area (Å²) in [6.07, 6.45) is 34.0. The summed E-state index contributed by atoms with van der Waals surface area (Å²) >= 11 is 2.31. The van der Waals surface area contributed by atoms with Gasteiger partial charge in [0.25, 0.3) is 0 Å². The SMILES string of the molecule is CCCCCCCCCCCCC1CCSC1CCCCCCCCCCCC. The highest BCUT2D eigenvalue weighted by molar-refractivity contribution is 8.00. The Morgan fingerprint density at radius 3 is 1.31 bits per heavy atom. The molecule has 0 amide bonds. The Bertz CT molecular complexity index is 283. The van der Waals surface area contributed by atoms with Crippen molar-refractivity contribution in [3.8, 4) is 0 Å². The number of thioether (sulfide) groups is 1. The van der Waals surface area contributed by atoms with E-state index in [0.29, 0.717) is 0 Å². The second kappa shape index (κ2) is 21.6. The van der Waals surface area contributed by atoms with Crippen LogP contribution in [0.15, 0.2) is 0 Å². The van der Waals surface area contributed by atoms with Crippen molar-refractivity contribution in [2.45, 2.75) is 167 Å². The van der Waals surface area contributed by atoms with Gasteiger partial charge in [-0.15, -0.1) is 0 Å². The van der Waals surface area contributed by atoms with Crippen LogP contribution >= 0.6 is 11.8 Å². The molecule has 0 radical (unpaired) electrons. The zero-order valence-corrected chi connectivity index (χ0v) is 21.4. The van der Waals surface area contributed by atoms with Crippen LogP contribution < -0.4 is 0 Å². The number of hydrogen-bond acceptors (Lipinski definition) is 1. The summed E-state index contributed by atoms with van der Waals surface area (Å²) in [6.45, 7) is 4.62. The maximum atomic E-state index is 2.31. The average Bonchev–Trinajstić information content (AvgIpc) is 3.18. The molecule has 0 aliphatic carbocycles. The summed E-state index contributed by atoms with van der Waals surface area (Å²) in [7, 11) is 0. The molecule has 1 fully saturated rings. The lowest BCUT2D eigenvalue weighted by Gasteiger charge is -2.18. The first kappa shape index (κ1) is 27.4. The molecule has 29 heavy (non-hydrogen) atoms. The Morgan fingerprint density at radius 2 is 0.862 bits per heavy atom. The third-order valence-corrected chi connectivity index (χ3v) is 8.64. The first-order valence-electron chi connectivity index (χ1n) is 14.0. The van der Waals surface area contributed by atoms with Gasteiger partial charge in [0.05, 0.1) is 0 Å². The fourth-order valence-electron chi connectivity index (χ4n) is 5.07. The summed E-state index contributed by atoms with van der Waals surface area (Å²) < 4.78 is 0. The molecule has 1 aliphatic rings. The smallest absolute Gasteiger partial charge is 0.00756 e. The van der Waals surface area contributed by atoms with Crippen molar-refractivity contribution in [1.29, 1.82) is 0 Å². The predicted octanol–water partition coefficient (Wildman–Crippen LogP) is 10.7. The number of hydrogen-bond donors (Lipinski definition) is 0. The fraction of sp³-hybridized carbons (Fsp3) is 1.00. The van der Waals surface area contributed by atoms with Gasteiger partial charge in [0, 0.05) is 5.25 Å². The van der Waals surface area contributed by atoms with Crippen LogP contribution in [-0.2, 0) is 0 Å². The molecule has 2 unspecified atom stereocenters. The summed E-state index contributed by atoms with van der Waals surface area (Å²) in [5.41, 5.74) is 0. The Kier molecular flexibility index (Phi) is 20.4. The Hall–Kier alpha value is 0.350. The van der Waals surface area contributed by atoms with Gasteiger partial charge < -0.3 is 0 Å². The van der Waals surface area contributed by atoms with Crippen LogP contribution in [-0.4, -0.2) is 11.0 Å². The van der Waals surface area contributed by atoms with Crippen LogP contribution in [0.1, 0.15) is 162 Å². The maximum absolute atomic E-state index is 2.31. The van der Waals surface area contributed by atoms with Gasteiger partial charge in [-0.2, -0.15) is 11.8 Å². The number of rotatable bonds is 22. The van der Waals surface area contributed by atoms with Crippen LogP contribution in [0.3, 0.4) is 0 Å². The van der Waals surface area contributed by atoms with Crippen LogP contribution in [0.5, 0.6) is 0 Å². The van der Waals surface area contributed by atoms with Crippen LogP contribution in [0, 0.1) is 5.92 Å². The van der Waals surface area contributed by atoms with E-state index in [1.807, 2.05) is 0 Å². The van der Waals surface area contributed by atoms with Crippen molar-refractivity contribution in [1.82, 2.24) is 0 Å². The van der Waals surface area contributed by atoms with Crippen molar-refractivity contribution in [2.75, 3.05) is 5.75 Å². The minimum atomic E-state index is 1.02. The molecule has 0 aromatic rings. The van der Waals surface area contributed by atoms with Gasteiger partial charge in [-0.3, -0.25) is 0 Å². The lowest BCUT2D eigenvalue weighted by molar-refractivity contribution is 0.419. The highest BCUT2D eigenvalue weighted by Gasteiger charge is 2.26. The molecule has 0 aromatic carbocycles. The van der Waals surface area contributed by atoms with Gasteiger partial charge in [0.1, 0.15) is 0 Å². The van der Waals surface area contributed by atoms with Gasteiger partial charge in [0.15, 0.2) is 0 Å². The summed E-state index contributed by atoms with van der Waals surface area (Å²) in [4.78, 5) is 0. The van der Waals surface area contributed by atoms with Gasteiger partial charge in [-0.05, 0) is 30.9 Å². The van der Waals surface area contributed by atoms with E-state index in [-0.39, 0.29) is 0 Å². The molecule has 1 heterocycles. The van der Waals surface area contributed by atoms with Gasteiger partial charge in [0.2, 0.25) is 0 Å². The van der Waals surface area contributed by atoms with Crippen molar-refractivity contribution in [3.05, 3.63) is 0 Å². The fourth-order valence-corrected chi connectivity index (χ4v) is 6.69. The van der Waals surface area contributed by atoms with E-state index >= 15 is 0 Å². The average molecular weight is 425 g/mol. The highest BCUT2D eigenvalue weighted by atomic mass is 32.2. The molecule has 0 nitrogen and oxygen atoms in total. The van der Waals surface area contributed by atoms with Crippen molar-refractivity contribution < 1.29 is 0 Å². The molecule has 0 N–H and O–H groups in total. The summed E-state index contributed by atoms with van der Waals surface area (Å²) in [6, 6.07) is 0. The van der Waals surface area contributed by atoms with E-state index in [4.69, 9.17) is 0 Å². The molecule has 0 saturated carbocycles. The molecule has 1 heteroatoms. The normalized spacial score (nSPS) is 19.2. The van der Waals surface area contributed by atoms with Crippen molar-refractivity contribution >= 4 is 11.8 Å². The monoisotopic (exact) mass is 424 g/mol. The molecule has 1 rings (SSSR count). The minimum absolute atomic E-state index is 1.02. The van der Waals surface area contributed by atoms with E-state index in [2.05, 4.69) is 25.6 Å². The summed E-state index contributed by atoms with van der Waals surface area (Å²) in [5, 5.41) is 1.02. The van der Waals surface area contributed by atoms with E-state index in [1.54, 1.807) is 0 Å². The minimum Gasteiger partial charge on any atom is -0.158 e. The molecule has 174 valence electrons. The Labute approximate surface area is 190 Å². The molecule has 2 atom stereocenters. The molecule has 0 spiro atoms. The number of unbranched alkanes of at least 4 members (excludes halogenated alkanes) is 18. The molecule has 0 aromatic heterocycles. The molecule has 0 bridgehead atoms.